The van der Waals surface area contributed by atoms with Gasteiger partial charge >= 0.3 is 4.87 Å². The number of fused-ring (bicyclic) bond motifs is 2. The van der Waals surface area contributed by atoms with Crippen LogP contribution in [0.3, 0.4) is 0 Å². The number of aromatic nitrogens is 1. The molecule has 3 amide bonds. The first kappa shape index (κ1) is 26.2. The minimum atomic E-state index is -0.831. The van der Waals surface area contributed by atoms with Crippen molar-refractivity contribution < 1.29 is 19.3 Å². The SMILES string of the molecule is Cc1ccc(NC(=O)Cn2c3c(sc2=O)[C@@H](c2cccs2)[C@H]2C(=O)N(c4ccc([N+](=O)[O-])cc4)C(=O)[C@H]2S3)cc1. The zero-order valence-corrected chi connectivity index (χ0v) is 23.3. The number of nitro benzene ring substituents is 1. The van der Waals surface area contributed by atoms with E-state index in [1.807, 2.05) is 36.6 Å². The lowest BCUT2D eigenvalue weighted by molar-refractivity contribution is -0.384. The second kappa shape index (κ2) is 10.2. The lowest BCUT2D eigenvalue weighted by atomic mass is 9.87. The van der Waals surface area contributed by atoms with Crippen LogP contribution in [0, 0.1) is 23.0 Å². The number of imide groups is 1. The number of thiophene rings is 1. The molecular weight excluding hydrogens is 573 g/mol. The van der Waals surface area contributed by atoms with Crippen molar-refractivity contribution in [2.45, 2.75) is 29.7 Å². The van der Waals surface area contributed by atoms with Gasteiger partial charge in [0.05, 0.1) is 21.6 Å². The number of benzene rings is 2. The number of aryl methyl sites for hydroxylation is 1. The Hall–Kier alpha value is -4.07. The Morgan fingerprint density at radius 2 is 1.75 bits per heavy atom. The number of hydrogen-bond acceptors (Lipinski definition) is 9. The lowest BCUT2D eigenvalue weighted by Gasteiger charge is -2.29. The van der Waals surface area contributed by atoms with E-state index < -0.39 is 33.8 Å². The maximum absolute atomic E-state index is 13.8. The van der Waals surface area contributed by atoms with Crippen LogP contribution in [0.5, 0.6) is 0 Å². The summed E-state index contributed by atoms with van der Waals surface area (Å²) < 4.78 is 1.37. The molecule has 1 saturated heterocycles. The average Bonchev–Trinajstić information content (AvgIpc) is 3.63. The standard InChI is InChI=1S/C27H20N4O6S3/c1-14-4-6-15(7-5-14)28-19(32)13-29-26-23(40-27(29)35)20(18-3-2-12-38-18)21-22(39-26)25(34)30(24(21)33)16-8-10-17(11-9-16)31(36)37/h2-12,20-22H,13H2,1H3,(H,28,32)/t20-,21+,22-/m0/s1. The van der Waals surface area contributed by atoms with Crippen molar-refractivity contribution in [1.29, 1.82) is 0 Å². The predicted molar refractivity (Wildman–Crippen MR) is 153 cm³/mol. The molecule has 10 nitrogen and oxygen atoms in total. The van der Waals surface area contributed by atoms with Crippen LogP contribution in [0.15, 0.2) is 75.9 Å². The highest BCUT2D eigenvalue weighted by Crippen LogP contribution is 2.54. The van der Waals surface area contributed by atoms with Gasteiger partial charge in [0, 0.05) is 33.5 Å². The van der Waals surface area contributed by atoms with Crippen molar-refractivity contribution >= 4 is 69.2 Å². The summed E-state index contributed by atoms with van der Waals surface area (Å²) in [6.07, 6.45) is 0. The molecule has 1 fully saturated rings. The third-order valence-electron chi connectivity index (χ3n) is 6.85. The molecule has 0 saturated carbocycles. The van der Waals surface area contributed by atoms with E-state index in [9.17, 15) is 29.3 Å². The zero-order chi connectivity index (χ0) is 28.1. The van der Waals surface area contributed by atoms with Gasteiger partial charge < -0.3 is 5.32 Å². The summed E-state index contributed by atoms with van der Waals surface area (Å²) in [5, 5.41) is 15.4. The van der Waals surface area contributed by atoms with Gasteiger partial charge in [-0.1, -0.05) is 46.9 Å². The Bertz CT molecular complexity index is 1710. The van der Waals surface area contributed by atoms with Crippen LogP contribution in [0.1, 0.15) is 21.2 Å². The lowest BCUT2D eigenvalue weighted by Crippen LogP contribution is -2.32. The third kappa shape index (κ3) is 4.45. The van der Waals surface area contributed by atoms with E-state index in [0.717, 1.165) is 38.4 Å². The van der Waals surface area contributed by atoms with E-state index in [0.29, 0.717) is 15.6 Å². The molecule has 2 aliphatic rings. The third-order valence-corrected chi connectivity index (χ3v) is 10.4. The smallest absolute Gasteiger partial charge is 0.308 e. The number of nitro groups is 1. The van der Waals surface area contributed by atoms with Crippen molar-refractivity contribution in [3.63, 3.8) is 0 Å². The number of nitrogens with zero attached hydrogens (tertiary/aromatic N) is 3. The summed E-state index contributed by atoms with van der Waals surface area (Å²) in [6.45, 7) is 1.70. The number of thiazole rings is 1. The summed E-state index contributed by atoms with van der Waals surface area (Å²) in [6, 6.07) is 16.3. The molecule has 40 heavy (non-hydrogen) atoms. The van der Waals surface area contributed by atoms with E-state index in [4.69, 9.17) is 0 Å². The number of anilines is 2. The summed E-state index contributed by atoms with van der Waals surface area (Å²) in [5.41, 5.74) is 1.75. The van der Waals surface area contributed by atoms with E-state index in [1.54, 1.807) is 12.1 Å². The molecule has 0 spiro atoms. The van der Waals surface area contributed by atoms with E-state index in [-0.39, 0.29) is 28.7 Å². The highest BCUT2D eigenvalue weighted by atomic mass is 32.2. The molecule has 2 aliphatic heterocycles. The van der Waals surface area contributed by atoms with Crippen molar-refractivity contribution in [3.8, 4) is 0 Å². The maximum atomic E-state index is 13.8. The monoisotopic (exact) mass is 592 g/mol. The predicted octanol–water partition coefficient (Wildman–Crippen LogP) is 4.62. The summed E-state index contributed by atoms with van der Waals surface area (Å²) >= 11 is 3.54. The Labute approximate surface area is 239 Å². The van der Waals surface area contributed by atoms with Gasteiger partial charge in [-0.2, -0.15) is 0 Å². The van der Waals surface area contributed by atoms with Crippen LogP contribution >= 0.6 is 34.4 Å². The highest BCUT2D eigenvalue weighted by molar-refractivity contribution is 8.00. The van der Waals surface area contributed by atoms with E-state index in [2.05, 4.69) is 5.32 Å². The van der Waals surface area contributed by atoms with Gasteiger partial charge in [-0.05, 0) is 42.6 Å². The Morgan fingerprint density at radius 1 is 1.02 bits per heavy atom. The fraction of sp³-hybridized carbons (Fsp3) is 0.185. The van der Waals surface area contributed by atoms with Gasteiger partial charge in [0.15, 0.2) is 0 Å². The maximum Gasteiger partial charge on any atom is 0.308 e. The van der Waals surface area contributed by atoms with E-state index in [1.165, 1.54) is 40.2 Å². The number of rotatable bonds is 6. The fourth-order valence-corrected chi connectivity index (χ4v) is 8.71. The molecule has 2 aromatic heterocycles. The summed E-state index contributed by atoms with van der Waals surface area (Å²) in [5.74, 6) is -2.59. The first-order valence-electron chi connectivity index (χ1n) is 12.2. The number of thioether (sulfide) groups is 1. The van der Waals surface area contributed by atoms with Crippen LogP contribution < -0.4 is 15.1 Å². The topological polar surface area (TPSA) is 132 Å². The van der Waals surface area contributed by atoms with Gasteiger partial charge in [-0.3, -0.25) is 33.9 Å². The number of non-ortho nitro benzene ring substituents is 1. The number of carbonyl (C=O) groups is 3. The molecule has 13 heteroatoms. The first-order valence-corrected chi connectivity index (χ1v) is 14.7. The van der Waals surface area contributed by atoms with Crippen LogP contribution in [0.2, 0.25) is 0 Å². The molecule has 6 rings (SSSR count). The van der Waals surface area contributed by atoms with Crippen LogP contribution in [-0.4, -0.2) is 32.5 Å². The second-order valence-corrected chi connectivity index (χ2v) is 12.5. The Balaban J connectivity index is 1.36. The van der Waals surface area contributed by atoms with Crippen LogP contribution in [0.4, 0.5) is 17.1 Å². The number of amides is 3. The summed E-state index contributed by atoms with van der Waals surface area (Å²) in [7, 11) is 0. The quantitative estimate of drug-likeness (QED) is 0.196. The molecule has 4 heterocycles. The Morgan fingerprint density at radius 3 is 2.40 bits per heavy atom. The van der Waals surface area contributed by atoms with Gasteiger partial charge in [0.1, 0.15) is 11.8 Å². The van der Waals surface area contributed by atoms with Crippen molar-refractivity contribution in [2.24, 2.45) is 5.92 Å². The molecule has 0 aliphatic carbocycles. The van der Waals surface area contributed by atoms with Gasteiger partial charge in [-0.25, -0.2) is 4.90 Å². The van der Waals surface area contributed by atoms with Gasteiger partial charge in [0.2, 0.25) is 17.7 Å². The van der Waals surface area contributed by atoms with Gasteiger partial charge in [-0.15, -0.1) is 11.3 Å². The Kier molecular flexibility index (Phi) is 6.64. The highest BCUT2D eigenvalue weighted by Gasteiger charge is 2.57. The number of nitrogens with one attached hydrogen (secondary N) is 1. The first-order chi connectivity index (χ1) is 19.2. The molecule has 0 unspecified atom stereocenters. The van der Waals surface area contributed by atoms with Gasteiger partial charge in [0.25, 0.3) is 5.69 Å². The number of carbonyl (C=O) groups excluding carboxylic acids is 3. The van der Waals surface area contributed by atoms with Crippen molar-refractivity contribution in [2.75, 3.05) is 10.2 Å². The number of hydrogen-bond donors (Lipinski definition) is 1. The van der Waals surface area contributed by atoms with E-state index >= 15 is 0 Å². The second-order valence-electron chi connectivity index (χ2n) is 9.38. The van der Waals surface area contributed by atoms with Crippen molar-refractivity contribution in [3.05, 3.63) is 101 Å². The molecule has 3 atom stereocenters. The molecule has 0 bridgehead atoms. The normalized spacial score (nSPS) is 19.8. The molecular formula is C27H20N4O6S3. The molecule has 202 valence electrons. The summed E-state index contributed by atoms with van der Waals surface area (Å²) in [4.78, 5) is 66.3. The molecule has 1 N–H and O–H groups in total. The van der Waals surface area contributed by atoms with Crippen LogP contribution in [0.25, 0.3) is 0 Å². The molecule has 2 aromatic carbocycles. The fourth-order valence-electron chi connectivity index (χ4n) is 4.99. The molecule has 4 aromatic rings. The van der Waals surface area contributed by atoms with Crippen LogP contribution in [-0.2, 0) is 20.9 Å². The minimum Gasteiger partial charge on any atom is -0.325 e. The minimum absolute atomic E-state index is 0.152. The largest absolute Gasteiger partial charge is 0.325 e. The van der Waals surface area contributed by atoms with Crippen molar-refractivity contribution in [1.82, 2.24) is 4.57 Å². The average molecular weight is 593 g/mol. The molecule has 0 radical (unpaired) electrons. The zero-order valence-electron chi connectivity index (χ0n) is 20.8.